The van der Waals surface area contributed by atoms with Crippen molar-refractivity contribution in [2.24, 2.45) is 0 Å². The van der Waals surface area contributed by atoms with Crippen LogP contribution < -0.4 is 10.5 Å². The fourth-order valence-electron chi connectivity index (χ4n) is 2.40. The number of unbranched alkanes of at least 4 members (excludes halogenated alkanes) is 1. The third-order valence-electron chi connectivity index (χ3n) is 3.67. The predicted octanol–water partition coefficient (Wildman–Crippen LogP) is 4.50. The summed E-state index contributed by atoms with van der Waals surface area (Å²) in [7, 11) is 0. The van der Waals surface area contributed by atoms with E-state index in [1.54, 1.807) is 0 Å². The number of rotatable bonds is 6. The number of hydrogen-bond acceptors (Lipinski definition) is 3. The normalized spacial score (nSPS) is 10.7. The number of nitrogen functional groups attached to an aromatic ring is 1. The summed E-state index contributed by atoms with van der Waals surface area (Å²) in [4.78, 5) is 0. The first kappa shape index (κ1) is 15.2. The zero-order valence-electron chi connectivity index (χ0n) is 13.3. The van der Waals surface area contributed by atoms with E-state index in [-0.39, 0.29) is 0 Å². The van der Waals surface area contributed by atoms with E-state index in [4.69, 9.17) is 10.5 Å². The van der Waals surface area contributed by atoms with Gasteiger partial charge in [0.05, 0.1) is 18.0 Å². The van der Waals surface area contributed by atoms with Crippen LogP contribution in [0.15, 0.2) is 54.6 Å². The van der Waals surface area contributed by atoms with Crippen LogP contribution in [0.4, 0.5) is 5.69 Å². The average molecular weight is 307 g/mol. The number of aromatic nitrogens is 2. The van der Waals surface area contributed by atoms with Gasteiger partial charge in [-0.1, -0.05) is 37.6 Å². The molecule has 23 heavy (non-hydrogen) atoms. The van der Waals surface area contributed by atoms with Gasteiger partial charge in [0.2, 0.25) is 0 Å². The second-order valence-electron chi connectivity index (χ2n) is 5.52. The fourth-order valence-corrected chi connectivity index (χ4v) is 2.40. The Hall–Kier alpha value is -2.75. The number of benzene rings is 2. The molecule has 0 aliphatic heterocycles. The number of anilines is 1. The van der Waals surface area contributed by atoms with Gasteiger partial charge in [-0.25, -0.2) is 0 Å². The number of nitrogens with two attached hydrogens (primary N) is 1. The monoisotopic (exact) mass is 307 g/mol. The van der Waals surface area contributed by atoms with Crippen molar-refractivity contribution in [2.75, 3.05) is 12.3 Å². The van der Waals surface area contributed by atoms with Crippen molar-refractivity contribution in [1.29, 1.82) is 0 Å². The molecule has 4 nitrogen and oxygen atoms in total. The number of aromatic amines is 1. The minimum Gasteiger partial charge on any atom is -0.494 e. The maximum absolute atomic E-state index is 5.84. The van der Waals surface area contributed by atoms with Gasteiger partial charge in [0, 0.05) is 16.8 Å². The zero-order chi connectivity index (χ0) is 16.1. The number of nitrogens with one attached hydrogen (secondary N) is 1. The van der Waals surface area contributed by atoms with E-state index in [1.165, 1.54) is 0 Å². The Bertz CT molecular complexity index is 780. The molecular weight excluding hydrogens is 286 g/mol. The van der Waals surface area contributed by atoms with Crippen LogP contribution in [0.25, 0.3) is 22.5 Å². The highest BCUT2D eigenvalue weighted by atomic mass is 16.5. The fraction of sp³-hybridized carbons (Fsp3) is 0.211. The smallest absolute Gasteiger partial charge is 0.119 e. The summed E-state index contributed by atoms with van der Waals surface area (Å²) in [6.45, 7) is 2.90. The van der Waals surface area contributed by atoms with Crippen molar-refractivity contribution in [1.82, 2.24) is 10.2 Å². The van der Waals surface area contributed by atoms with E-state index in [2.05, 4.69) is 17.1 Å². The molecule has 0 atom stereocenters. The van der Waals surface area contributed by atoms with Gasteiger partial charge < -0.3 is 10.5 Å². The summed E-state index contributed by atoms with van der Waals surface area (Å²) in [5, 5.41) is 7.48. The highest BCUT2D eigenvalue weighted by molar-refractivity contribution is 5.70. The molecule has 4 heteroatoms. The number of hydrogen-bond donors (Lipinski definition) is 2. The first-order chi connectivity index (χ1) is 11.3. The Morgan fingerprint density at radius 2 is 1.87 bits per heavy atom. The molecule has 0 unspecified atom stereocenters. The van der Waals surface area contributed by atoms with Crippen LogP contribution in [0.3, 0.4) is 0 Å². The third-order valence-corrected chi connectivity index (χ3v) is 3.67. The maximum atomic E-state index is 5.84. The van der Waals surface area contributed by atoms with Crippen molar-refractivity contribution >= 4 is 5.69 Å². The van der Waals surface area contributed by atoms with E-state index >= 15 is 0 Å². The van der Waals surface area contributed by atoms with E-state index in [9.17, 15) is 0 Å². The lowest BCUT2D eigenvalue weighted by molar-refractivity contribution is 0.309. The molecule has 0 fully saturated rings. The van der Waals surface area contributed by atoms with Crippen molar-refractivity contribution in [3.8, 4) is 28.3 Å². The van der Waals surface area contributed by atoms with E-state index in [0.29, 0.717) is 0 Å². The third kappa shape index (κ3) is 3.72. The van der Waals surface area contributed by atoms with Crippen molar-refractivity contribution < 1.29 is 4.74 Å². The molecule has 3 aromatic rings. The maximum Gasteiger partial charge on any atom is 0.119 e. The molecule has 118 valence electrons. The molecule has 0 aliphatic rings. The SMILES string of the molecule is CCCCOc1cccc(-c2cc(-c3cccc(N)c3)n[nH]2)c1. The van der Waals surface area contributed by atoms with E-state index in [1.807, 2.05) is 54.6 Å². The first-order valence-corrected chi connectivity index (χ1v) is 7.91. The van der Waals surface area contributed by atoms with Crippen molar-refractivity contribution in [3.05, 3.63) is 54.6 Å². The van der Waals surface area contributed by atoms with Crippen LogP contribution in [-0.4, -0.2) is 16.8 Å². The minimum absolute atomic E-state index is 0.735. The molecule has 0 saturated carbocycles. The number of H-pyrrole nitrogens is 1. The molecule has 2 aromatic carbocycles. The Morgan fingerprint density at radius 1 is 1.04 bits per heavy atom. The molecule has 3 N–H and O–H groups in total. The molecule has 0 amide bonds. The zero-order valence-corrected chi connectivity index (χ0v) is 13.3. The van der Waals surface area contributed by atoms with Crippen LogP contribution in [0.2, 0.25) is 0 Å². The molecule has 0 bridgehead atoms. The summed E-state index contributed by atoms with van der Waals surface area (Å²) in [6, 6.07) is 17.8. The summed E-state index contributed by atoms with van der Waals surface area (Å²) >= 11 is 0. The first-order valence-electron chi connectivity index (χ1n) is 7.91. The molecular formula is C19H21N3O. The van der Waals surface area contributed by atoms with Crippen molar-refractivity contribution in [2.45, 2.75) is 19.8 Å². The highest BCUT2D eigenvalue weighted by Gasteiger charge is 2.07. The quantitative estimate of drug-likeness (QED) is 0.520. The van der Waals surface area contributed by atoms with Gasteiger partial charge >= 0.3 is 0 Å². The number of nitrogens with zero attached hydrogens (tertiary/aromatic N) is 1. The van der Waals surface area contributed by atoms with Gasteiger partial charge in [-0.3, -0.25) is 5.10 Å². The molecule has 0 spiro atoms. The second kappa shape index (κ2) is 7.01. The second-order valence-corrected chi connectivity index (χ2v) is 5.52. The topological polar surface area (TPSA) is 63.9 Å². The van der Waals surface area contributed by atoms with E-state index in [0.717, 1.165) is 53.4 Å². The van der Waals surface area contributed by atoms with Crippen LogP contribution in [0.5, 0.6) is 5.75 Å². The Morgan fingerprint density at radius 3 is 2.70 bits per heavy atom. The van der Waals surface area contributed by atoms with Gasteiger partial charge in [-0.05, 0) is 36.8 Å². The van der Waals surface area contributed by atoms with E-state index < -0.39 is 0 Å². The van der Waals surface area contributed by atoms with Gasteiger partial charge in [-0.2, -0.15) is 5.10 Å². The highest BCUT2D eigenvalue weighted by Crippen LogP contribution is 2.27. The van der Waals surface area contributed by atoms with Gasteiger partial charge in [0.25, 0.3) is 0 Å². The summed E-state index contributed by atoms with van der Waals surface area (Å²) in [5.74, 6) is 0.885. The van der Waals surface area contributed by atoms with Crippen molar-refractivity contribution in [3.63, 3.8) is 0 Å². The summed E-state index contributed by atoms with van der Waals surface area (Å²) < 4.78 is 5.76. The predicted molar refractivity (Wildman–Crippen MR) is 94.3 cm³/mol. The number of ether oxygens (including phenoxy) is 1. The Labute approximate surface area is 136 Å². The minimum atomic E-state index is 0.735. The molecule has 0 saturated heterocycles. The Balaban J connectivity index is 1.81. The lowest BCUT2D eigenvalue weighted by atomic mass is 10.1. The molecule has 0 radical (unpaired) electrons. The lowest BCUT2D eigenvalue weighted by Crippen LogP contribution is -1.96. The van der Waals surface area contributed by atoms with Crippen LogP contribution in [0.1, 0.15) is 19.8 Å². The van der Waals surface area contributed by atoms with Gasteiger partial charge in [-0.15, -0.1) is 0 Å². The summed E-state index contributed by atoms with van der Waals surface area (Å²) in [6.07, 6.45) is 2.19. The van der Waals surface area contributed by atoms with Gasteiger partial charge in [0.1, 0.15) is 5.75 Å². The molecule has 0 aliphatic carbocycles. The Kier molecular flexibility index (Phi) is 4.62. The largest absolute Gasteiger partial charge is 0.494 e. The van der Waals surface area contributed by atoms with Gasteiger partial charge in [0.15, 0.2) is 0 Å². The van der Waals surface area contributed by atoms with Crippen LogP contribution in [0, 0.1) is 0 Å². The lowest BCUT2D eigenvalue weighted by Gasteiger charge is -2.06. The standard InChI is InChI=1S/C19H21N3O/c1-2-3-10-23-17-9-5-7-15(12-17)19-13-18(21-22-19)14-6-4-8-16(20)11-14/h4-9,11-13H,2-3,10,20H2,1H3,(H,21,22). The molecule has 3 rings (SSSR count). The average Bonchev–Trinajstić information content (AvgIpc) is 3.06. The van der Waals surface area contributed by atoms with Crippen LogP contribution in [-0.2, 0) is 0 Å². The van der Waals surface area contributed by atoms with Crippen LogP contribution >= 0.6 is 0 Å². The summed E-state index contributed by atoms with van der Waals surface area (Å²) in [5.41, 5.74) is 10.5. The molecule has 1 aromatic heterocycles. The molecule has 1 heterocycles.